The monoisotopic (exact) mass is 441 g/mol. The third-order valence-electron chi connectivity index (χ3n) is 5.14. The van der Waals surface area contributed by atoms with E-state index in [4.69, 9.17) is 19.7 Å². The Hall–Kier alpha value is -3.80. The first-order valence-corrected chi connectivity index (χ1v) is 10.9. The number of hydrogen-bond donors (Lipinski definition) is 2. The summed E-state index contributed by atoms with van der Waals surface area (Å²) in [5.74, 6) is 1.42. The third kappa shape index (κ3) is 5.71. The van der Waals surface area contributed by atoms with Crippen molar-refractivity contribution in [2.45, 2.75) is 0 Å². The zero-order valence-corrected chi connectivity index (χ0v) is 18.3. The SMILES string of the molecule is OCCOc1ccc(N(c2ccc(OCCO)cc2)c2ccc(-c3ccccc3)cc2)cc1. The van der Waals surface area contributed by atoms with Crippen LogP contribution in [0, 0.1) is 0 Å². The molecule has 4 rings (SSSR count). The average molecular weight is 442 g/mol. The van der Waals surface area contributed by atoms with Gasteiger partial charge in [0.15, 0.2) is 0 Å². The molecule has 5 nitrogen and oxygen atoms in total. The summed E-state index contributed by atoms with van der Waals surface area (Å²) in [4.78, 5) is 2.15. The lowest BCUT2D eigenvalue weighted by Crippen LogP contribution is -2.10. The summed E-state index contributed by atoms with van der Waals surface area (Å²) in [7, 11) is 0. The van der Waals surface area contributed by atoms with Gasteiger partial charge in [-0.15, -0.1) is 0 Å². The van der Waals surface area contributed by atoms with Crippen LogP contribution in [0.25, 0.3) is 11.1 Å². The molecule has 0 bridgehead atoms. The van der Waals surface area contributed by atoms with Crippen molar-refractivity contribution in [2.75, 3.05) is 31.3 Å². The molecule has 33 heavy (non-hydrogen) atoms. The Morgan fingerprint density at radius 3 is 1.30 bits per heavy atom. The van der Waals surface area contributed by atoms with E-state index in [0.717, 1.165) is 22.6 Å². The molecule has 0 aliphatic heterocycles. The van der Waals surface area contributed by atoms with Gasteiger partial charge in [0.1, 0.15) is 24.7 Å². The second-order valence-corrected chi connectivity index (χ2v) is 7.38. The molecule has 4 aromatic carbocycles. The van der Waals surface area contributed by atoms with Crippen LogP contribution in [0.15, 0.2) is 103 Å². The smallest absolute Gasteiger partial charge is 0.119 e. The minimum atomic E-state index is -0.0215. The molecule has 0 amide bonds. The van der Waals surface area contributed by atoms with Crippen LogP contribution in [0.2, 0.25) is 0 Å². The Morgan fingerprint density at radius 1 is 0.485 bits per heavy atom. The fourth-order valence-electron chi connectivity index (χ4n) is 3.59. The number of hydrogen-bond acceptors (Lipinski definition) is 5. The predicted molar refractivity (Wildman–Crippen MR) is 132 cm³/mol. The number of rotatable bonds is 10. The molecular formula is C28H27NO4. The van der Waals surface area contributed by atoms with Crippen molar-refractivity contribution < 1.29 is 19.7 Å². The Morgan fingerprint density at radius 2 is 0.879 bits per heavy atom. The van der Waals surface area contributed by atoms with Crippen molar-refractivity contribution in [2.24, 2.45) is 0 Å². The largest absolute Gasteiger partial charge is 0.491 e. The Labute approximate surface area is 194 Å². The van der Waals surface area contributed by atoms with Gasteiger partial charge >= 0.3 is 0 Å². The second-order valence-electron chi connectivity index (χ2n) is 7.38. The van der Waals surface area contributed by atoms with E-state index in [1.807, 2.05) is 66.7 Å². The highest BCUT2D eigenvalue weighted by Gasteiger charge is 2.13. The highest BCUT2D eigenvalue weighted by molar-refractivity contribution is 5.78. The van der Waals surface area contributed by atoms with Crippen LogP contribution < -0.4 is 14.4 Å². The number of nitrogens with zero attached hydrogens (tertiary/aromatic N) is 1. The second kappa shape index (κ2) is 11.2. The molecule has 0 aromatic heterocycles. The lowest BCUT2D eigenvalue weighted by Gasteiger charge is -2.26. The van der Waals surface area contributed by atoms with Gasteiger partial charge in [0.2, 0.25) is 0 Å². The summed E-state index contributed by atoms with van der Waals surface area (Å²) in [6, 6.07) is 34.3. The van der Waals surface area contributed by atoms with Gasteiger partial charge in [0, 0.05) is 17.1 Å². The average Bonchev–Trinajstić information content (AvgIpc) is 2.89. The molecule has 168 valence electrons. The topological polar surface area (TPSA) is 62.2 Å². The normalized spacial score (nSPS) is 10.6. The van der Waals surface area contributed by atoms with E-state index in [9.17, 15) is 0 Å². The number of ether oxygens (including phenoxy) is 2. The van der Waals surface area contributed by atoms with E-state index in [1.54, 1.807) is 0 Å². The molecule has 2 N–H and O–H groups in total. The first-order valence-electron chi connectivity index (χ1n) is 10.9. The molecule has 0 saturated heterocycles. The Kier molecular flexibility index (Phi) is 7.59. The van der Waals surface area contributed by atoms with E-state index in [-0.39, 0.29) is 26.4 Å². The summed E-state index contributed by atoms with van der Waals surface area (Å²) >= 11 is 0. The van der Waals surface area contributed by atoms with Gasteiger partial charge in [-0.25, -0.2) is 0 Å². The molecule has 0 saturated carbocycles. The quantitative estimate of drug-likeness (QED) is 0.337. The Bertz CT molecular complexity index is 1060. The van der Waals surface area contributed by atoms with E-state index in [2.05, 4.69) is 41.3 Å². The summed E-state index contributed by atoms with van der Waals surface area (Å²) in [5, 5.41) is 18.0. The zero-order valence-electron chi connectivity index (χ0n) is 18.3. The lowest BCUT2D eigenvalue weighted by molar-refractivity contribution is 0.201. The standard InChI is InChI=1S/C28H27NO4/c30-18-20-32-27-14-10-25(11-15-27)29(26-12-16-28(17-13-26)33-21-19-31)24-8-6-23(7-9-24)22-4-2-1-3-5-22/h1-17,30-31H,18-21H2. The molecule has 0 heterocycles. The van der Waals surface area contributed by atoms with E-state index < -0.39 is 0 Å². The minimum absolute atomic E-state index is 0.0215. The number of aliphatic hydroxyl groups is 2. The lowest BCUT2D eigenvalue weighted by atomic mass is 10.0. The summed E-state index contributed by atoms with van der Waals surface area (Å²) < 4.78 is 11.0. The van der Waals surface area contributed by atoms with Gasteiger partial charge < -0.3 is 24.6 Å². The summed E-state index contributed by atoms with van der Waals surface area (Å²) in [5.41, 5.74) is 5.29. The van der Waals surface area contributed by atoms with Crippen LogP contribution in [0.1, 0.15) is 0 Å². The van der Waals surface area contributed by atoms with Gasteiger partial charge in [-0.3, -0.25) is 0 Å². The zero-order chi connectivity index (χ0) is 22.9. The number of anilines is 3. The van der Waals surface area contributed by atoms with Crippen LogP contribution in [0.3, 0.4) is 0 Å². The molecule has 0 unspecified atom stereocenters. The highest BCUT2D eigenvalue weighted by atomic mass is 16.5. The minimum Gasteiger partial charge on any atom is -0.491 e. The molecule has 0 aliphatic carbocycles. The first-order chi connectivity index (χ1) is 16.3. The van der Waals surface area contributed by atoms with Gasteiger partial charge in [0.25, 0.3) is 0 Å². The molecule has 0 fully saturated rings. The molecule has 0 atom stereocenters. The number of aliphatic hydroxyl groups excluding tert-OH is 2. The van der Waals surface area contributed by atoms with Crippen molar-refractivity contribution in [1.29, 1.82) is 0 Å². The fourth-order valence-corrected chi connectivity index (χ4v) is 3.59. The first kappa shape index (κ1) is 22.4. The van der Waals surface area contributed by atoms with Crippen LogP contribution in [-0.4, -0.2) is 36.6 Å². The Balaban J connectivity index is 1.66. The van der Waals surface area contributed by atoms with Crippen LogP contribution >= 0.6 is 0 Å². The van der Waals surface area contributed by atoms with Crippen molar-refractivity contribution >= 4 is 17.1 Å². The highest BCUT2D eigenvalue weighted by Crippen LogP contribution is 2.37. The molecule has 0 aliphatic rings. The van der Waals surface area contributed by atoms with Crippen molar-refractivity contribution in [1.82, 2.24) is 0 Å². The van der Waals surface area contributed by atoms with E-state index in [1.165, 1.54) is 5.56 Å². The molecule has 0 radical (unpaired) electrons. The van der Waals surface area contributed by atoms with Crippen molar-refractivity contribution in [3.8, 4) is 22.6 Å². The molecule has 5 heteroatoms. The van der Waals surface area contributed by atoms with Crippen LogP contribution in [0.5, 0.6) is 11.5 Å². The maximum atomic E-state index is 8.99. The van der Waals surface area contributed by atoms with E-state index in [0.29, 0.717) is 11.5 Å². The summed E-state index contributed by atoms with van der Waals surface area (Å²) in [6.45, 7) is 0.483. The van der Waals surface area contributed by atoms with E-state index >= 15 is 0 Å². The van der Waals surface area contributed by atoms with Gasteiger partial charge in [-0.2, -0.15) is 0 Å². The summed E-state index contributed by atoms with van der Waals surface area (Å²) in [6.07, 6.45) is 0. The van der Waals surface area contributed by atoms with Gasteiger partial charge in [0.05, 0.1) is 13.2 Å². The van der Waals surface area contributed by atoms with Crippen LogP contribution in [0.4, 0.5) is 17.1 Å². The molecule has 4 aromatic rings. The van der Waals surface area contributed by atoms with Gasteiger partial charge in [-0.05, 0) is 71.8 Å². The maximum absolute atomic E-state index is 8.99. The molecule has 0 spiro atoms. The van der Waals surface area contributed by atoms with Crippen molar-refractivity contribution in [3.05, 3.63) is 103 Å². The van der Waals surface area contributed by atoms with Crippen molar-refractivity contribution in [3.63, 3.8) is 0 Å². The van der Waals surface area contributed by atoms with Gasteiger partial charge in [-0.1, -0.05) is 42.5 Å². The van der Waals surface area contributed by atoms with Crippen LogP contribution in [-0.2, 0) is 0 Å². The fraction of sp³-hybridized carbons (Fsp3) is 0.143. The third-order valence-corrected chi connectivity index (χ3v) is 5.14. The predicted octanol–water partition coefficient (Wildman–Crippen LogP) is 5.57. The molecular weight excluding hydrogens is 414 g/mol. The maximum Gasteiger partial charge on any atom is 0.119 e. The number of benzene rings is 4.